The first-order valence-electron chi connectivity index (χ1n) is 15.0. The fourth-order valence-corrected chi connectivity index (χ4v) is 5.75. The van der Waals surface area contributed by atoms with Crippen LogP contribution in [0.2, 0.25) is 0 Å². The summed E-state index contributed by atoms with van der Waals surface area (Å²) in [6.45, 7) is 4.52. The minimum Gasteiger partial charge on any atom is -0.744 e. The first kappa shape index (κ1) is 35.3. The second kappa shape index (κ2) is 21.1. The molecule has 0 atom stereocenters. The van der Waals surface area contributed by atoms with Crippen LogP contribution in [0, 0.1) is 0 Å². The van der Waals surface area contributed by atoms with Crippen LogP contribution in [0.5, 0.6) is 0 Å². The SMILES string of the molecule is CCCCCCCCCCCc1cc(CCCCCCCCCCC)c2cc(S(=O)(=O)[O-])ccc2c1.[K+]. The number of rotatable bonds is 21. The standard InChI is InChI=1S/C32H52O3S.K/c1-3-5-7-9-11-13-15-17-19-21-28-25-29(22-20-18-16-14-12-10-8-6-4-2)32-27-31(36(33,34)35)24-23-30(32)26-28;/h23-27H,3-22H2,1-2H3,(H,33,34,35);/q;+1/p-1. The molecule has 0 fully saturated rings. The molecule has 2 rings (SSSR count). The molecule has 0 spiro atoms. The van der Waals surface area contributed by atoms with Crippen molar-refractivity contribution in [3.8, 4) is 0 Å². The molecule has 37 heavy (non-hydrogen) atoms. The summed E-state index contributed by atoms with van der Waals surface area (Å²) in [4.78, 5) is -0.116. The first-order chi connectivity index (χ1) is 17.5. The van der Waals surface area contributed by atoms with Crippen LogP contribution in [0.15, 0.2) is 35.2 Å². The van der Waals surface area contributed by atoms with Crippen molar-refractivity contribution < 1.29 is 64.4 Å². The van der Waals surface area contributed by atoms with Gasteiger partial charge in [-0.25, -0.2) is 8.42 Å². The summed E-state index contributed by atoms with van der Waals surface area (Å²) in [7, 11) is -4.44. The molecular weight excluding hydrogens is 504 g/mol. The molecule has 3 nitrogen and oxygen atoms in total. The Hall–Kier alpha value is 0.246. The van der Waals surface area contributed by atoms with Crippen molar-refractivity contribution in [1.82, 2.24) is 0 Å². The van der Waals surface area contributed by atoms with Gasteiger partial charge in [-0.15, -0.1) is 0 Å². The topological polar surface area (TPSA) is 57.2 Å². The Morgan fingerprint density at radius 1 is 0.595 bits per heavy atom. The van der Waals surface area contributed by atoms with Crippen LogP contribution in [0.1, 0.15) is 141 Å². The third kappa shape index (κ3) is 15.0. The smallest absolute Gasteiger partial charge is 0.744 e. The second-order valence-electron chi connectivity index (χ2n) is 10.7. The predicted molar refractivity (Wildman–Crippen MR) is 154 cm³/mol. The van der Waals surface area contributed by atoms with E-state index in [0.29, 0.717) is 0 Å². The molecule has 0 bridgehead atoms. The molecule has 0 unspecified atom stereocenters. The van der Waals surface area contributed by atoms with Crippen molar-refractivity contribution >= 4 is 20.9 Å². The van der Waals surface area contributed by atoms with E-state index in [4.69, 9.17) is 0 Å². The quantitative estimate of drug-likeness (QED) is 0.0958. The number of unbranched alkanes of at least 4 members (excludes halogenated alkanes) is 16. The molecule has 0 heterocycles. The summed E-state index contributed by atoms with van der Waals surface area (Å²) in [5, 5.41) is 1.99. The summed E-state index contributed by atoms with van der Waals surface area (Å²) < 4.78 is 34.9. The Balaban J connectivity index is 0.00000684. The Morgan fingerprint density at radius 3 is 1.54 bits per heavy atom. The molecule has 0 N–H and O–H groups in total. The largest absolute Gasteiger partial charge is 1.00 e. The summed E-state index contributed by atoms with van der Waals surface area (Å²) in [6.07, 6.45) is 25.5. The molecule has 0 amide bonds. The average molecular weight is 555 g/mol. The molecule has 0 radical (unpaired) electrons. The van der Waals surface area contributed by atoms with Crippen molar-refractivity contribution in [2.45, 2.75) is 147 Å². The van der Waals surface area contributed by atoms with Gasteiger partial charge in [-0.2, -0.15) is 0 Å². The normalized spacial score (nSPS) is 11.6. The zero-order valence-corrected chi connectivity index (χ0v) is 28.1. The van der Waals surface area contributed by atoms with Gasteiger partial charge in [0.25, 0.3) is 0 Å². The third-order valence-electron chi connectivity index (χ3n) is 7.48. The molecule has 0 aliphatic carbocycles. The minimum absolute atomic E-state index is 0. The third-order valence-corrected chi connectivity index (χ3v) is 8.31. The molecule has 2 aromatic carbocycles. The maximum absolute atomic E-state index is 11.6. The van der Waals surface area contributed by atoms with E-state index in [0.717, 1.165) is 30.0 Å². The Bertz CT molecular complexity index is 971. The van der Waals surface area contributed by atoms with E-state index in [2.05, 4.69) is 26.0 Å². The van der Waals surface area contributed by atoms with E-state index >= 15 is 0 Å². The second-order valence-corrected chi connectivity index (χ2v) is 12.1. The number of fused-ring (bicyclic) bond motifs is 1. The molecule has 2 aromatic rings. The summed E-state index contributed by atoms with van der Waals surface area (Å²) in [5.41, 5.74) is 2.54. The van der Waals surface area contributed by atoms with E-state index < -0.39 is 10.1 Å². The molecule has 5 heteroatoms. The fraction of sp³-hybridized carbons (Fsp3) is 0.688. The minimum atomic E-state index is -4.44. The zero-order chi connectivity index (χ0) is 26.1. The van der Waals surface area contributed by atoms with E-state index in [1.54, 1.807) is 6.07 Å². The van der Waals surface area contributed by atoms with Gasteiger partial charge in [0, 0.05) is 0 Å². The number of aryl methyl sites for hydroxylation is 2. The van der Waals surface area contributed by atoms with Crippen molar-refractivity contribution in [3.05, 3.63) is 41.5 Å². The summed E-state index contributed by atoms with van der Waals surface area (Å²) in [6, 6.07) is 9.36. The van der Waals surface area contributed by atoms with E-state index in [1.165, 1.54) is 126 Å². The molecule has 0 saturated heterocycles. The van der Waals surface area contributed by atoms with Crippen LogP contribution < -0.4 is 51.4 Å². The fourth-order valence-electron chi connectivity index (χ4n) is 5.25. The van der Waals surface area contributed by atoms with Gasteiger partial charge in [0.05, 0.1) is 4.90 Å². The van der Waals surface area contributed by atoms with Gasteiger partial charge in [0.2, 0.25) is 0 Å². The maximum Gasteiger partial charge on any atom is 1.00 e. The van der Waals surface area contributed by atoms with E-state index in [9.17, 15) is 13.0 Å². The summed E-state index contributed by atoms with van der Waals surface area (Å²) >= 11 is 0. The van der Waals surface area contributed by atoms with Crippen molar-refractivity contribution in [3.63, 3.8) is 0 Å². The number of hydrogen-bond donors (Lipinski definition) is 0. The Morgan fingerprint density at radius 2 is 1.05 bits per heavy atom. The monoisotopic (exact) mass is 554 g/mol. The van der Waals surface area contributed by atoms with Gasteiger partial charge in [-0.3, -0.25) is 0 Å². The molecule has 0 saturated carbocycles. The molecule has 0 aliphatic rings. The van der Waals surface area contributed by atoms with E-state index in [-0.39, 0.29) is 56.3 Å². The maximum atomic E-state index is 11.6. The summed E-state index contributed by atoms with van der Waals surface area (Å²) in [5.74, 6) is 0. The van der Waals surface area contributed by atoms with Crippen LogP contribution in [0.25, 0.3) is 10.8 Å². The zero-order valence-electron chi connectivity index (χ0n) is 24.2. The van der Waals surface area contributed by atoms with Gasteiger partial charge in [0.15, 0.2) is 0 Å². The van der Waals surface area contributed by atoms with Crippen molar-refractivity contribution in [2.75, 3.05) is 0 Å². The van der Waals surface area contributed by atoms with Crippen LogP contribution in [0.4, 0.5) is 0 Å². The molecular formula is C32H51KO3S. The molecule has 0 aromatic heterocycles. The predicted octanol–water partition coefficient (Wildman–Crippen LogP) is 6.89. The van der Waals surface area contributed by atoms with Gasteiger partial charge in [-0.05, 0) is 59.7 Å². The van der Waals surface area contributed by atoms with Gasteiger partial charge in [-0.1, -0.05) is 135 Å². The average Bonchev–Trinajstić information content (AvgIpc) is 2.85. The Labute approximate surface area is 271 Å². The van der Waals surface area contributed by atoms with Crippen LogP contribution in [0.3, 0.4) is 0 Å². The van der Waals surface area contributed by atoms with E-state index in [1.807, 2.05) is 6.07 Å². The van der Waals surface area contributed by atoms with Gasteiger partial charge >= 0.3 is 51.4 Å². The Kier molecular flexibility index (Phi) is 20.1. The number of benzene rings is 2. The van der Waals surface area contributed by atoms with Crippen LogP contribution >= 0.6 is 0 Å². The number of hydrogen-bond acceptors (Lipinski definition) is 3. The van der Waals surface area contributed by atoms with Gasteiger partial charge < -0.3 is 4.55 Å². The van der Waals surface area contributed by atoms with Crippen molar-refractivity contribution in [1.29, 1.82) is 0 Å². The van der Waals surface area contributed by atoms with Crippen LogP contribution in [-0.4, -0.2) is 13.0 Å². The molecule has 0 aliphatic heterocycles. The molecule has 204 valence electrons. The van der Waals surface area contributed by atoms with Crippen LogP contribution in [-0.2, 0) is 23.0 Å². The van der Waals surface area contributed by atoms with Crippen molar-refractivity contribution in [2.24, 2.45) is 0 Å². The van der Waals surface area contributed by atoms with Gasteiger partial charge in [0.1, 0.15) is 10.1 Å². The first-order valence-corrected chi connectivity index (χ1v) is 16.4.